The summed E-state index contributed by atoms with van der Waals surface area (Å²) in [5.41, 5.74) is 7.41. The van der Waals surface area contributed by atoms with Gasteiger partial charge in [-0.05, 0) is 19.1 Å². The Bertz CT molecular complexity index is 611. The summed E-state index contributed by atoms with van der Waals surface area (Å²) in [5.74, 6) is 0.856. The Hall–Kier alpha value is -2.40. The zero-order chi connectivity index (χ0) is 13.8. The van der Waals surface area contributed by atoms with Crippen molar-refractivity contribution >= 4 is 5.84 Å². The van der Waals surface area contributed by atoms with Crippen LogP contribution in [0.2, 0.25) is 0 Å². The lowest BCUT2D eigenvalue weighted by atomic mass is 10.2. The molecule has 0 saturated carbocycles. The van der Waals surface area contributed by atoms with Crippen LogP contribution in [0.25, 0.3) is 0 Å². The standard InChI is InChI=1S/C14H15N3O2/c1-9-6-11(14(15)16)7-13(17-9)19-12-5-3-2-4-10(12)8-18/h2-7,18H,8H2,1H3,(H3,15,16). The number of aliphatic hydroxyl groups is 1. The highest BCUT2D eigenvalue weighted by molar-refractivity contribution is 5.95. The van der Waals surface area contributed by atoms with Gasteiger partial charge in [0.25, 0.3) is 0 Å². The van der Waals surface area contributed by atoms with Crippen molar-refractivity contribution in [2.45, 2.75) is 13.5 Å². The molecule has 1 aromatic heterocycles. The number of hydrogen-bond acceptors (Lipinski definition) is 4. The van der Waals surface area contributed by atoms with E-state index in [9.17, 15) is 5.11 Å². The molecule has 0 unspecified atom stereocenters. The Morgan fingerprint density at radius 1 is 1.37 bits per heavy atom. The molecule has 0 aliphatic rings. The first-order chi connectivity index (χ1) is 9.10. The van der Waals surface area contributed by atoms with Crippen LogP contribution >= 0.6 is 0 Å². The number of nitrogens with one attached hydrogen (secondary N) is 1. The van der Waals surface area contributed by atoms with Gasteiger partial charge in [0.2, 0.25) is 5.88 Å². The van der Waals surface area contributed by atoms with Gasteiger partial charge in [0.15, 0.2) is 0 Å². The van der Waals surface area contributed by atoms with Crippen molar-refractivity contribution in [3.05, 3.63) is 53.2 Å². The second-order valence-corrected chi connectivity index (χ2v) is 4.12. The van der Waals surface area contributed by atoms with Gasteiger partial charge >= 0.3 is 0 Å². The molecule has 4 N–H and O–H groups in total. The van der Waals surface area contributed by atoms with Crippen molar-refractivity contribution in [2.75, 3.05) is 0 Å². The maximum absolute atomic E-state index is 9.24. The molecule has 0 aliphatic carbocycles. The maximum Gasteiger partial charge on any atom is 0.220 e. The lowest BCUT2D eigenvalue weighted by molar-refractivity contribution is 0.276. The zero-order valence-electron chi connectivity index (χ0n) is 10.6. The number of nitrogens with zero attached hydrogens (tertiary/aromatic N) is 1. The van der Waals surface area contributed by atoms with E-state index in [1.54, 1.807) is 31.2 Å². The molecular weight excluding hydrogens is 242 g/mol. The highest BCUT2D eigenvalue weighted by Crippen LogP contribution is 2.24. The summed E-state index contributed by atoms with van der Waals surface area (Å²) in [5, 5.41) is 16.7. The summed E-state index contributed by atoms with van der Waals surface area (Å²) in [7, 11) is 0. The van der Waals surface area contributed by atoms with Gasteiger partial charge in [0, 0.05) is 22.9 Å². The third-order valence-corrected chi connectivity index (χ3v) is 2.60. The molecular formula is C14H15N3O2. The predicted octanol–water partition coefficient (Wildman–Crippen LogP) is 1.96. The summed E-state index contributed by atoms with van der Waals surface area (Å²) in [4.78, 5) is 4.23. The highest BCUT2D eigenvalue weighted by atomic mass is 16.5. The summed E-state index contributed by atoms with van der Waals surface area (Å²) >= 11 is 0. The van der Waals surface area contributed by atoms with Crippen LogP contribution in [0.15, 0.2) is 36.4 Å². The van der Waals surface area contributed by atoms with Crippen LogP contribution in [0, 0.1) is 12.3 Å². The quantitative estimate of drug-likeness (QED) is 0.576. The molecule has 5 heteroatoms. The third kappa shape index (κ3) is 3.08. The van der Waals surface area contributed by atoms with Crippen LogP contribution in [0.4, 0.5) is 0 Å². The molecule has 0 radical (unpaired) electrons. The van der Waals surface area contributed by atoms with E-state index >= 15 is 0 Å². The second kappa shape index (κ2) is 5.49. The molecule has 0 bridgehead atoms. The molecule has 19 heavy (non-hydrogen) atoms. The molecule has 0 spiro atoms. The molecule has 2 aromatic rings. The van der Waals surface area contributed by atoms with Gasteiger partial charge in [-0.3, -0.25) is 5.41 Å². The Kier molecular flexibility index (Phi) is 3.77. The van der Waals surface area contributed by atoms with Gasteiger partial charge in [-0.1, -0.05) is 18.2 Å². The second-order valence-electron chi connectivity index (χ2n) is 4.12. The molecule has 0 fully saturated rings. The summed E-state index contributed by atoms with van der Waals surface area (Å²) in [6.07, 6.45) is 0. The van der Waals surface area contributed by atoms with Crippen molar-refractivity contribution in [2.24, 2.45) is 5.73 Å². The molecule has 1 heterocycles. The number of aryl methyl sites for hydroxylation is 1. The van der Waals surface area contributed by atoms with Crippen molar-refractivity contribution in [1.82, 2.24) is 4.98 Å². The van der Waals surface area contributed by atoms with Gasteiger partial charge in [-0.2, -0.15) is 0 Å². The molecule has 0 saturated heterocycles. The van der Waals surface area contributed by atoms with E-state index < -0.39 is 0 Å². The fourth-order valence-electron chi connectivity index (χ4n) is 1.69. The number of aliphatic hydroxyl groups excluding tert-OH is 1. The van der Waals surface area contributed by atoms with Crippen LogP contribution in [-0.2, 0) is 6.61 Å². The smallest absolute Gasteiger partial charge is 0.220 e. The fraction of sp³-hybridized carbons (Fsp3) is 0.143. The van der Waals surface area contributed by atoms with Crippen LogP contribution in [0.3, 0.4) is 0 Å². The van der Waals surface area contributed by atoms with Gasteiger partial charge in [0.05, 0.1) is 6.61 Å². The summed E-state index contributed by atoms with van der Waals surface area (Å²) in [6.45, 7) is 1.69. The van der Waals surface area contributed by atoms with Gasteiger partial charge < -0.3 is 15.6 Å². The Labute approximate surface area is 111 Å². The lowest BCUT2D eigenvalue weighted by Gasteiger charge is -2.10. The molecule has 1 aromatic carbocycles. The number of pyridine rings is 1. The van der Waals surface area contributed by atoms with Crippen molar-refractivity contribution in [3.63, 3.8) is 0 Å². The Balaban J connectivity index is 2.35. The number of aromatic nitrogens is 1. The normalized spacial score (nSPS) is 10.2. The molecule has 98 valence electrons. The minimum absolute atomic E-state index is 0.0363. The van der Waals surface area contributed by atoms with Gasteiger partial charge in [-0.15, -0.1) is 0 Å². The summed E-state index contributed by atoms with van der Waals surface area (Å²) in [6, 6.07) is 10.5. The van der Waals surface area contributed by atoms with Crippen molar-refractivity contribution < 1.29 is 9.84 Å². The molecule has 2 rings (SSSR count). The minimum Gasteiger partial charge on any atom is -0.439 e. The van der Waals surface area contributed by atoms with E-state index in [1.165, 1.54) is 0 Å². The first kappa shape index (κ1) is 13.0. The topological polar surface area (TPSA) is 92.2 Å². The number of nitrogens with two attached hydrogens (primary N) is 1. The van der Waals surface area contributed by atoms with E-state index in [1.807, 2.05) is 12.1 Å². The average molecular weight is 257 g/mol. The third-order valence-electron chi connectivity index (χ3n) is 2.60. The van der Waals surface area contributed by atoms with Crippen LogP contribution in [0.5, 0.6) is 11.6 Å². The largest absolute Gasteiger partial charge is 0.439 e. The summed E-state index contributed by atoms with van der Waals surface area (Å²) < 4.78 is 5.65. The van der Waals surface area contributed by atoms with Gasteiger partial charge in [0.1, 0.15) is 11.6 Å². The van der Waals surface area contributed by atoms with E-state index in [2.05, 4.69) is 4.98 Å². The number of nitrogen functional groups attached to an aromatic ring is 1. The molecule has 5 nitrogen and oxygen atoms in total. The molecule has 0 aliphatic heterocycles. The SMILES string of the molecule is Cc1cc(C(=N)N)cc(Oc2ccccc2CO)n1. The molecule has 0 amide bonds. The van der Waals surface area contributed by atoms with Crippen LogP contribution < -0.4 is 10.5 Å². The fourth-order valence-corrected chi connectivity index (χ4v) is 1.69. The minimum atomic E-state index is -0.110. The Morgan fingerprint density at radius 3 is 2.79 bits per heavy atom. The maximum atomic E-state index is 9.24. The highest BCUT2D eigenvalue weighted by Gasteiger charge is 2.07. The van der Waals surface area contributed by atoms with E-state index in [4.69, 9.17) is 15.9 Å². The number of para-hydroxylation sites is 1. The van der Waals surface area contributed by atoms with Crippen molar-refractivity contribution in [3.8, 4) is 11.6 Å². The Morgan fingerprint density at radius 2 is 2.11 bits per heavy atom. The lowest BCUT2D eigenvalue weighted by Crippen LogP contribution is -2.11. The van der Waals surface area contributed by atoms with Crippen LogP contribution in [0.1, 0.15) is 16.8 Å². The average Bonchev–Trinajstić information content (AvgIpc) is 2.38. The number of benzene rings is 1. The number of rotatable bonds is 4. The number of ether oxygens (including phenoxy) is 1. The van der Waals surface area contributed by atoms with Crippen molar-refractivity contribution in [1.29, 1.82) is 5.41 Å². The van der Waals surface area contributed by atoms with Crippen LogP contribution in [-0.4, -0.2) is 15.9 Å². The monoisotopic (exact) mass is 257 g/mol. The number of amidine groups is 1. The predicted molar refractivity (Wildman–Crippen MR) is 72.4 cm³/mol. The number of hydrogen-bond donors (Lipinski definition) is 3. The van der Waals surface area contributed by atoms with E-state index in [-0.39, 0.29) is 12.4 Å². The van der Waals surface area contributed by atoms with E-state index in [0.717, 1.165) is 0 Å². The van der Waals surface area contributed by atoms with Gasteiger partial charge in [-0.25, -0.2) is 4.98 Å². The first-order valence-corrected chi connectivity index (χ1v) is 5.80. The first-order valence-electron chi connectivity index (χ1n) is 5.80. The molecule has 0 atom stereocenters. The van der Waals surface area contributed by atoms with E-state index in [0.29, 0.717) is 28.5 Å². The zero-order valence-corrected chi connectivity index (χ0v) is 10.6.